The molecule has 126 valence electrons. The van der Waals surface area contributed by atoms with Crippen molar-refractivity contribution in [3.63, 3.8) is 0 Å². The first-order chi connectivity index (χ1) is 11.1. The standard InChI is InChI=1S/C16H20O6S/c1-9(17)23-14-12(18)13-11(21-16(14)19-2)8-20-15(22-13)10-6-4-3-5-7-10/h3-7,11-16,18H,8H2,1-2H3/t11-,12+,13-,14+,15?,16+/m1/s1. The highest BCUT2D eigenvalue weighted by molar-refractivity contribution is 8.14. The molecule has 0 radical (unpaired) electrons. The van der Waals surface area contributed by atoms with Crippen molar-refractivity contribution in [2.24, 2.45) is 0 Å². The molecular weight excluding hydrogens is 320 g/mol. The number of aliphatic hydroxyl groups excluding tert-OH is 1. The van der Waals surface area contributed by atoms with Crippen LogP contribution in [0.1, 0.15) is 18.8 Å². The van der Waals surface area contributed by atoms with E-state index in [2.05, 4.69) is 0 Å². The number of ether oxygens (including phenoxy) is 4. The minimum atomic E-state index is -0.886. The van der Waals surface area contributed by atoms with Gasteiger partial charge in [-0.1, -0.05) is 42.1 Å². The van der Waals surface area contributed by atoms with Gasteiger partial charge in [0.05, 0.1) is 11.9 Å². The molecular formula is C16H20O6S. The Labute approximate surface area is 139 Å². The topological polar surface area (TPSA) is 74.2 Å². The summed E-state index contributed by atoms with van der Waals surface area (Å²) in [4.78, 5) is 11.4. The minimum Gasteiger partial charge on any atom is -0.389 e. The van der Waals surface area contributed by atoms with E-state index in [-0.39, 0.29) is 5.12 Å². The summed E-state index contributed by atoms with van der Waals surface area (Å²) < 4.78 is 22.7. The molecule has 0 saturated carbocycles. The number of hydrogen-bond donors (Lipinski definition) is 1. The lowest BCUT2D eigenvalue weighted by Crippen LogP contribution is -2.61. The Hall–Kier alpha value is -0.960. The van der Waals surface area contributed by atoms with Crippen LogP contribution >= 0.6 is 11.8 Å². The Kier molecular flexibility index (Phi) is 5.35. The summed E-state index contributed by atoms with van der Waals surface area (Å²) in [6, 6.07) is 9.52. The zero-order chi connectivity index (χ0) is 16.4. The number of hydrogen-bond acceptors (Lipinski definition) is 7. The molecule has 2 saturated heterocycles. The van der Waals surface area contributed by atoms with Gasteiger partial charge in [0, 0.05) is 19.6 Å². The van der Waals surface area contributed by atoms with Crippen molar-refractivity contribution in [1.29, 1.82) is 0 Å². The monoisotopic (exact) mass is 340 g/mol. The summed E-state index contributed by atoms with van der Waals surface area (Å²) in [6.07, 6.45) is -3.13. The first-order valence-corrected chi connectivity index (χ1v) is 8.33. The van der Waals surface area contributed by atoms with Crippen molar-refractivity contribution in [1.82, 2.24) is 0 Å². The van der Waals surface area contributed by atoms with Gasteiger partial charge in [-0.3, -0.25) is 4.79 Å². The molecule has 2 aliphatic rings. The van der Waals surface area contributed by atoms with Gasteiger partial charge in [-0.2, -0.15) is 0 Å². The Morgan fingerprint density at radius 3 is 2.70 bits per heavy atom. The number of carbonyl (C=O) groups is 1. The van der Waals surface area contributed by atoms with Crippen LogP contribution in [-0.4, -0.2) is 53.8 Å². The van der Waals surface area contributed by atoms with Crippen LogP contribution in [0.3, 0.4) is 0 Å². The molecule has 0 bridgehead atoms. The average molecular weight is 340 g/mol. The van der Waals surface area contributed by atoms with Gasteiger partial charge in [0.15, 0.2) is 17.7 Å². The van der Waals surface area contributed by atoms with Crippen molar-refractivity contribution in [2.45, 2.75) is 43.1 Å². The first kappa shape index (κ1) is 16.9. The van der Waals surface area contributed by atoms with Gasteiger partial charge in [-0.05, 0) is 0 Å². The number of fused-ring (bicyclic) bond motifs is 1. The number of aliphatic hydroxyl groups is 1. The molecule has 2 aliphatic heterocycles. The molecule has 1 aromatic carbocycles. The summed E-state index contributed by atoms with van der Waals surface area (Å²) in [5.41, 5.74) is 0.878. The van der Waals surface area contributed by atoms with Crippen LogP contribution in [0.4, 0.5) is 0 Å². The average Bonchev–Trinajstić information content (AvgIpc) is 2.57. The molecule has 1 unspecified atom stereocenters. The summed E-state index contributed by atoms with van der Waals surface area (Å²) >= 11 is 1.01. The van der Waals surface area contributed by atoms with Crippen LogP contribution in [0.15, 0.2) is 30.3 Å². The predicted octanol–water partition coefficient (Wildman–Crippen LogP) is 1.48. The van der Waals surface area contributed by atoms with Gasteiger partial charge >= 0.3 is 0 Å². The zero-order valence-electron chi connectivity index (χ0n) is 13.0. The number of methoxy groups -OCH3 is 1. The predicted molar refractivity (Wildman–Crippen MR) is 83.7 cm³/mol. The van der Waals surface area contributed by atoms with E-state index < -0.39 is 36.1 Å². The number of rotatable bonds is 3. The second-order valence-electron chi connectivity index (χ2n) is 5.52. The lowest BCUT2D eigenvalue weighted by atomic mass is 10.00. The van der Waals surface area contributed by atoms with Crippen LogP contribution in [0.25, 0.3) is 0 Å². The smallest absolute Gasteiger partial charge is 0.186 e. The largest absolute Gasteiger partial charge is 0.389 e. The maximum Gasteiger partial charge on any atom is 0.186 e. The molecule has 0 aliphatic carbocycles. The molecule has 6 nitrogen and oxygen atoms in total. The fourth-order valence-corrected chi connectivity index (χ4v) is 3.82. The highest BCUT2D eigenvalue weighted by atomic mass is 32.2. The molecule has 1 N–H and O–H groups in total. The van der Waals surface area contributed by atoms with Crippen molar-refractivity contribution in [3.05, 3.63) is 35.9 Å². The minimum absolute atomic E-state index is 0.107. The van der Waals surface area contributed by atoms with E-state index in [0.29, 0.717) is 6.61 Å². The van der Waals surface area contributed by atoms with E-state index in [1.807, 2.05) is 30.3 Å². The second kappa shape index (κ2) is 7.29. The molecule has 6 atom stereocenters. The molecule has 2 heterocycles. The zero-order valence-corrected chi connectivity index (χ0v) is 13.8. The maximum atomic E-state index is 11.4. The van der Waals surface area contributed by atoms with Gasteiger partial charge in [-0.15, -0.1) is 0 Å². The molecule has 0 spiro atoms. The van der Waals surface area contributed by atoms with Crippen LogP contribution in [0, 0.1) is 0 Å². The van der Waals surface area contributed by atoms with Crippen LogP contribution in [0.2, 0.25) is 0 Å². The van der Waals surface area contributed by atoms with E-state index in [9.17, 15) is 9.90 Å². The summed E-state index contributed by atoms with van der Waals surface area (Å²) in [6.45, 7) is 1.74. The maximum absolute atomic E-state index is 11.4. The molecule has 0 aromatic heterocycles. The quantitative estimate of drug-likeness (QED) is 0.893. The van der Waals surface area contributed by atoms with Crippen LogP contribution in [0.5, 0.6) is 0 Å². The Morgan fingerprint density at radius 2 is 2.04 bits per heavy atom. The summed E-state index contributed by atoms with van der Waals surface area (Å²) in [7, 11) is 1.49. The van der Waals surface area contributed by atoms with Gasteiger partial charge in [0.2, 0.25) is 0 Å². The van der Waals surface area contributed by atoms with Crippen LogP contribution in [-0.2, 0) is 23.7 Å². The Morgan fingerprint density at radius 1 is 1.30 bits per heavy atom. The fourth-order valence-electron chi connectivity index (χ4n) is 2.85. The van der Waals surface area contributed by atoms with E-state index >= 15 is 0 Å². The summed E-state index contributed by atoms with van der Waals surface area (Å²) in [5.74, 6) is 0. The number of carbonyl (C=O) groups excluding carboxylic acids is 1. The molecule has 1 aromatic rings. The molecule has 23 heavy (non-hydrogen) atoms. The third-order valence-corrected chi connectivity index (χ3v) is 5.02. The lowest BCUT2D eigenvalue weighted by Gasteiger charge is -2.47. The molecule has 0 amide bonds. The Balaban J connectivity index is 1.76. The lowest BCUT2D eigenvalue weighted by molar-refractivity contribution is -0.332. The van der Waals surface area contributed by atoms with Gasteiger partial charge in [0.1, 0.15) is 18.3 Å². The van der Waals surface area contributed by atoms with E-state index in [4.69, 9.17) is 18.9 Å². The van der Waals surface area contributed by atoms with Crippen LogP contribution < -0.4 is 0 Å². The van der Waals surface area contributed by atoms with Crippen molar-refractivity contribution >= 4 is 16.9 Å². The second-order valence-corrected chi connectivity index (χ2v) is 6.87. The first-order valence-electron chi connectivity index (χ1n) is 7.45. The number of benzene rings is 1. The fraction of sp³-hybridized carbons (Fsp3) is 0.562. The van der Waals surface area contributed by atoms with E-state index in [0.717, 1.165) is 17.3 Å². The third-order valence-electron chi connectivity index (χ3n) is 3.92. The van der Waals surface area contributed by atoms with Gasteiger partial charge in [0.25, 0.3) is 0 Å². The molecule has 2 fully saturated rings. The van der Waals surface area contributed by atoms with E-state index in [1.165, 1.54) is 14.0 Å². The third kappa shape index (κ3) is 3.60. The normalized spacial score (nSPS) is 37.2. The van der Waals surface area contributed by atoms with Gasteiger partial charge in [-0.25, -0.2) is 0 Å². The van der Waals surface area contributed by atoms with E-state index in [1.54, 1.807) is 0 Å². The molecule has 7 heteroatoms. The summed E-state index contributed by atoms with van der Waals surface area (Å²) in [5, 5.41) is 10.0. The highest BCUT2D eigenvalue weighted by Gasteiger charge is 2.50. The highest BCUT2D eigenvalue weighted by Crippen LogP contribution is 2.38. The van der Waals surface area contributed by atoms with Crippen molar-refractivity contribution in [3.8, 4) is 0 Å². The van der Waals surface area contributed by atoms with Crippen molar-refractivity contribution < 1.29 is 28.8 Å². The Bertz CT molecular complexity index is 539. The van der Waals surface area contributed by atoms with Gasteiger partial charge < -0.3 is 24.1 Å². The molecule has 3 rings (SSSR count). The van der Waals surface area contributed by atoms with Crippen molar-refractivity contribution in [2.75, 3.05) is 13.7 Å². The number of thioether (sulfide) groups is 1. The SMILES string of the molecule is CO[C@H]1O[C@@H]2COC(c3ccccc3)O[C@H]2[C@H](O)[C@@H]1SC(C)=O.